The first-order valence-corrected chi connectivity index (χ1v) is 4.48. The van der Waals surface area contributed by atoms with Crippen LogP contribution in [0.2, 0.25) is 0 Å². The summed E-state index contributed by atoms with van der Waals surface area (Å²) >= 11 is 0. The number of hydrogen-bond donors (Lipinski definition) is 1. The monoisotopic (exact) mass is 188 g/mol. The Hall–Kier alpha value is -1.77. The predicted octanol–water partition coefficient (Wildman–Crippen LogP) is 2.14. The molecule has 0 unspecified atom stereocenters. The molecule has 0 bridgehead atoms. The minimum atomic E-state index is -0.322. The summed E-state index contributed by atoms with van der Waals surface area (Å²) < 4.78 is 4.87. The molecule has 1 aromatic heterocycles. The number of rotatable bonds is 2. The van der Waals surface area contributed by atoms with Crippen LogP contribution in [0.3, 0.4) is 0 Å². The van der Waals surface area contributed by atoms with E-state index >= 15 is 0 Å². The number of ether oxygens (including phenoxy) is 1. The molecule has 2 aromatic rings. The largest absolute Gasteiger partial charge is 0.461 e. The van der Waals surface area contributed by atoms with Crippen molar-refractivity contribution in [2.45, 2.75) is 6.92 Å². The molecule has 0 aliphatic heterocycles. The highest BCUT2D eigenvalue weighted by Crippen LogP contribution is 2.14. The summed E-state index contributed by atoms with van der Waals surface area (Å²) in [5.41, 5.74) is 1.31. The van der Waals surface area contributed by atoms with Gasteiger partial charge in [0.25, 0.3) is 0 Å². The normalized spacial score (nSPS) is 10.4. The maximum atomic E-state index is 11.3. The molecule has 0 saturated heterocycles. The van der Waals surface area contributed by atoms with Gasteiger partial charge >= 0.3 is 5.97 Å². The summed E-state index contributed by atoms with van der Waals surface area (Å²) in [5.74, 6) is -0.322. The molecule has 0 spiro atoms. The lowest BCUT2D eigenvalue weighted by atomic mass is 10.2. The molecular weight excluding hydrogens is 178 g/mol. The van der Waals surface area contributed by atoms with Crippen LogP contribution in [0.25, 0.3) is 10.9 Å². The third kappa shape index (κ3) is 1.48. The first-order valence-electron chi connectivity index (χ1n) is 4.48. The van der Waals surface area contributed by atoms with Crippen LogP contribution in [0.15, 0.2) is 24.3 Å². The lowest BCUT2D eigenvalue weighted by molar-refractivity contribution is 0.0520. The van der Waals surface area contributed by atoms with Crippen molar-refractivity contribution in [3.05, 3.63) is 36.0 Å². The van der Waals surface area contributed by atoms with Crippen LogP contribution in [0.5, 0.6) is 0 Å². The van der Waals surface area contributed by atoms with Crippen molar-refractivity contribution in [2.24, 2.45) is 0 Å². The smallest absolute Gasteiger partial charge is 0.354 e. The highest BCUT2D eigenvalue weighted by molar-refractivity contribution is 5.94. The molecule has 14 heavy (non-hydrogen) atoms. The van der Waals surface area contributed by atoms with Gasteiger partial charge in [0.15, 0.2) is 0 Å². The average Bonchev–Trinajstić information content (AvgIpc) is 2.61. The van der Waals surface area contributed by atoms with Crippen molar-refractivity contribution >= 4 is 16.9 Å². The molecule has 3 heteroatoms. The van der Waals surface area contributed by atoms with Gasteiger partial charge in [0.05, 0.1) is 12.1 Å². The van der Waals surface area contributed by atoms with Crippen LogP contribution in [-0.2, 0) is 4.74 Å². The quantitative estimate of drug-likeness (QED) is 0.733. The van der Waals surface area contributed by atoms with Gasteiger partial charge in [-0.05, 0) is 13.0 Å². The predicted molar refractivity (Wildman–Crippen MR) is 53.1 cm³/mol. The van der Waals surface area contributed by atoms with E-state index in [0.29, 0.717) is 12.3 Å². The van der Waals surface area contributed by atoms with Crippen LogP contribution in [0.1, 0.15) is 17.4 Å². The molecule has 2 rings (SSSR count). The van der Waals surface area contributed by atoms with Crippen molar-refractivity contribution in [1.82, 2.24) is 4.98 Å². The summed E-state index contributed by atoms with van der Waals surface area (Å²) in [6.45, 7) is 2.17. The zero-order valence-electron chi connectivity index (χ0n) is 7.83. The van der Waals surface area contributed by atoms with Crippen LogP contribution in [0, 0.1) is 6.07 Å². The Morgan fingerprint density at radius 3 is 3.21 bits per heavy atom. The van der Waals surface area contributed by atoms with E-state index in [1.54, 1.807) is 19.1 Å². The number of benzene rings is 1. The van der Waals surface area contributed by atoms with Gasteiger partial charge in [0.2, 0.25) is 0 Å². The molecule has 1 N–H and O–H groups in total. The van der Waals surface area contributed by atoms with Gasteiger partial charge in [-0.15, -0.1) is 0 Å². The van der Waals surface area contributed by atoms with Crippen LogP contribution in [-0.4, -0.2) is 17.6 Å². The number of esters is 1. The van der Waals surface area contributed by atoms with E-state index in [9.17, 15) is 4.79 Å². The van der Waals surface area contributed by atoms with Gasteiger partial charge in [-0.25, -0.2) is 4.79 Å². The fourth-order valence-electron chi connectivity index (χ4n) is 1.32. The Kier molecular flexibility index (Phi) is 2.23. The van der Waals surface area contributed by atoms with Crippen LogP contribution < -0.4 is 0 Å². The molecule has 1 aromatic carbocycles. The lowest BCUT2D eigenvalue weighted by Crippen LogP contribution is -2.04. The van der Waals surface area contributed by atoms with E-state index in [4.69, 9.17) is 4.74 Å². The number of para-hydroxylation sites is 1. The molecule has 0 atom stereocenters. The number of carbonyl (C=O) groups is 1. The lowest BCUT2D eigenvalue weighted by Gasteiger charge is -1.96. The molecule has 1 radical (unpaired) electrons. The third-order valence-electron chi connectivity index (χ3n) is 1.94. The Labute approximate surface area is 81.7 Å². The second kappa shape index (κ2) is 3.54. The summed E-state index contributed by atoms with van der Waals surface area (Å²) in [6, 6.07) is 10.4. The fraction of sp³-hybridized carbons (Fsp3) is 0.182. The molecular formula is C11H10NO2. The Morgan fingerprint density at radius 1 is 1.64 bits per heavy atom. The van der Waals surface area contributed by atoms with Gasteiger partial charge in [0.1, 0.15) is 5.69 Å². The molecule has 0 aliphatic rings. The van der Waals surface area contributed by atoms with Gasteiger partial charge in [0, 0.05) is 11.5 Å². The Balaban J connectivity index is 2.40. The zero-order chi connectivity index (χ0) is 9.97. The minimum absolute atomic E-state index is 0.322. The summed E-state index contributed by atoms with van der Waals surface area (Å²) in [6.07, 6.45) is 0. The summed E-state index contributed by atoms with van der Waals surface area (Å²) in [7, 11) is 0. The van der Waals surface area contributed by atoms with Crippen molar-refractivity contribution in [3.63, 3.8) is 0 Å². The molecule has 0 aliphatic carbocycles. The molecule has 71 valence electrons. The summed E-state index contributed by atoms with van der Waals surface area (Å²) in [4.78, 5) is 14.3. The topological polar surface area (TPSA) is 42.1 Å². The second-order valence-electron chi connectivity index (χ2n) is 2.90. The highest BCUT2D eigenvalue weighted by Gasteiger charge is 2.09. The number of hydrogen-bond acceptors (Lipinski definition) is 2. The van der Waals surface area contributed by atoms with Crippen molar-refractivity contribution < 1.29 is 9.53 Å². The van der Waals surface area contributed by atoms with E-state index in [0.717, 1.165) is 10.9 Å². The van der Waals surface area contributed by atoms with Gasteiger partial charge < -0.3 is 9.72 Å². The first kappa shape index (κ1) is 8.81. The second-order valence-corrected chi connectivity index (χ2v) is 2.90. The number of aromatic nitrogens is 1. The van der Waals surface area contributed by atoms with Crippen LogP contribution in [0.4, 0.5) is 0 Å². The summed E-state index contributed by atoms with van der Waals surface area (Å²) in [5, 5.41) is 0.968. The Bertz CT molecular complexity index is 426. The molecule has 0 fully saturated rings. The molecule has 0 saturated carbocycles. The maximum Gasteiger partial charge on any atom is 0.354 e. The van der Waals surface area contributed by atoms with E-state index in [1.807, 2.05) is 12.1 Å². The SMILES string of the molecule is CCOC(=O)c1cc2ccc[c]c2[nH]1. The van der Waals surface area contributed by atoms with Crippen molar-refractivity contribution in [3.8, 4) is 0 Å². The third-order valence-corrected chi connectivity index (χ3v) is 1.94. The first-order chi connectivity index (χ1) is 6.81. The maximum absolute atomic E-state index is 11.3. The number of carbonyl (C=O) groups excluding carboxylic acids is 1. The standard InChI is InChI=1S/C11H10NO2/c1-2-14-11(13)10-7-8-5-3-4-6-9(8)12-10/h3-5,7,12H,2H2,1H3. The van der Waals surface area contributed by atoms with Gasteiger partial charge in [-0.2, -0.15) is 0 Å². The van der Waals surface area contributed by atoms with E-state index in [-0.39, 0.29) is 5.97 Å². The van der Waals surface area contributed by atoms with E-state index < -0.39 is 0 Å². The fourth-order valence-corrected chi connectivity index (χ4v) is 1.32. The van der Waals surface area contributed by atoms with Gasteiger partial charge in [-0.3, -0.25) is 0 Å². The zero-order valence-corrected chi connectivity index (χ0v) is 7.83. The molecule has 1 heterocycles. The number of aromatic amines is 1. The number of H-pyrrole nitrogens is 1. The van der Waals surface area contributed by atoms with Crippen molar-refractivity contribution in [1.29, 1.82) is 0 Å². The highest BCUT2D eigenvalue weighted by atomic mass is 16.5. The van der Waals surface area contributed by atoms with Crippen molar-refractivity contribution in [2.75, 3.05) is 6.61 Å². The van der Waals surface area contributed by atoms with Gasteiger partial charge in [-0.1, -0.05) is 18.2 Å². The van der Waals surface area contributed by atoms with E-state index in [2.05, 4.69) is 11.1 Å². The van der Waals surface area contributed by atoms with E-state index in [1.165, 1.54) is 0 Å². The average molecular weight is 188 g/mol. The number of nitrogens with one attached hydrogen (secondary N) is 1. The molecule has 3 nitrogen and oxygen atoms in total. The number of fused-ring (bicyclic) bond motifs is 1. The Morgan fingerprint density at radius 2 is 2.50 bits per heavy atom. The minimum Gasteiger partial charge on any atom is -0.461 e. The van der Waals surface area contributed by atoms with Crippen LogP contribution >= 0.6 is 0 Å². The molecule has 0 amide bonds.